The number of para-hydroxylation sites is 1. The Morgan fingerprint density at radius 3 is 2.59 bits per heavy atom. The van der Waals surface area contributed by atoms with Gasteiger partial charge in [-0.15, -0.1) is 0 Å². The summed E-state index contributed by atoms with van der Waals surface area (Å²) in [7, 11) is 1.90. The van der Waals surface area contributed by atoms with Crippen molar-refractivity contribution in [3.05, 3.63) is 65.4 Å². The van der Waals surface area contributed by atoms with Crippen molar-refractivity contribution < 1.29 is 9.53 Å². The third-order valence-corrected chi connectivity index (χ3v) is 4.18. The fourth-order valence-electron chi connectivity index (χ4n) is 3.06. The van der Waals surface area contributed by atoms with E-state index in [2.05, 4.69) is 5.32 Å². The molecule has 2 heterocycles. The molecule has 110 valence electrons. The van der Waals surface area contributed by atoms with Gasteiger partial charge in [0.1, 0.15) is 5.69 Å². The molecule has 0 fully saturated rings. The van der Waals surface area contributed by atoms with E-state index < -0.39 is 6.23 Å². The molecule has 4 nitrogen and oxygen atoms in total. The van der Waals surface area contributed by atoms with Crippen LogP contribution in [0.2, 0.25) is 0 Å². The highest BCUT2D eigenvalue weighted by Gasteiger charge is 2.36. The normalized spacial score (nSPS) is 16.6. The van der Waals surface area contributed by atoms with Crippen LogP contribution in [0, 0.1) is 6.92 Å². The van der Waals surface area contributed by atoms with Crippen LogP contribution in [0.4, 0.5) is 5.69 Å². The Bertz CT molecular complexity index is 878. The van der Waals surface area contributed by atoms with Crippen molar-refractivity contribution in [1.29, 1.82) is 0 Å². The fourth-order valence-corrected chi connectivity index (χ4v) is 3.06. The van der Waals surface area contributed by atoms with Gasteiger partial charge in [0, 0.05) is 23.6 Å². The summed E-state index contributed by atoms with van der Waals surface area (Å²) in [4.78, 5) is 12.2. The van der Waals surface area contributed by atoms with E-state index in [0.717, 1.165) is 22.2 Å². The van der Waals surface area contributed by atoms with Gasteiger partial charge in [-0.05, 0) is 25.1 Å². The van der Waals surface area contributed by atoms with E-state index >= 15 is 0 Å². The van der Waals surface area contributed by atoms with E-state index in [-0.39, 0.29) is 5.97 Å². The van der Waals surface area contributed by atoms with Crippen molar-refractivity contribution in [2.24, 2.45) is 7.05 Å². The molecule has 4 rings (SSSR count). The number of aromatic nitrogens is 1. The van der Waals surface area contributed by atoms with Gasteiger partial charge in [-0.25, -0.2) is 4.79 Å². The van der Waals surface area contributed by atoms with Crippen LogP contribution in [0.5, 0.6) is 0 Å². The smallest absolute Gasteiger partial charge is 0.357 e. The van der Waals surface area contributed by atoms with Crippen LogP contribution < -0.4 is 5.32 Å². The number of ether oxygens (including phenoxy) is 1. The summed E-state index contributed by atoms with van der Waals surface area (Å²) >= 11 is 0. The summed E-state index contributed by atoms with van der Waals surface area (Å²) in [5, 5.41) is 4.36. The van der Waals surface area contributed by atoms with Crippen LogP contribution in [-0.4, -0.2) is 10.5 Å². The number of benzene rings is 2. The minimum Gasteiger partial charge on any atom is -0.433 e. The minimum absolute atomic E-state index is 0.279. The SMILES string of the molecule is Cc1ccc(N[C@@H]2OC(=O)c3c2c2ccccc2n3C)cc1. The molecular weight excluding hydrogens is 276 g/mol. The molecule has 4 heteroatoms. The highest BCUT2D eigenvalue weighted by atomic mass is 16.6. The Balaban J connectivity index is 1.81. The van der Waals surface area contributed by atoms with E-state index in [4.69, 9.17) is 4.74 Å². The molecule has 0 bridgehead atoms. The van der Waals surface area contributed by atoms with Gasteiger partial charge in [0.25, 0.3) is 0 Å². The third-order valence-electron chi connectivity index (χ3n) is 4.18. The average molecular weight is 292 g/mol. The number of carbonyl (C=O) groups is 1. The Kier molecular flexibility index (Phi) is 2.73. The number of fused-ring (bicyclic) bond motifs is 3. The van der Waals surface area contributed by atoms with Crippen molar-refractivity contribution in [1.82, 2.24) is 4.57 Å². The maximum absolute atomic E-state index is 12.2. The quantitative estimate of drug-likeness (QED) is 0.731. The first-order valence-electron chi connectivity index (χ1n) is 7.26. The second kappa shape index (κ2) is 4.63. The number of anilines is 1. The number of hydrogen-bond donors (Lipinski definition) is 1. The number of nitrogens with zero attached hydrogens (tertiary/aromatic N) is 1. The minimum atomic E-state index is -0.448. The van der Waals surface area contributed by atoms with E-state index in [0.29, 0.717) is 5.69 Å². The lowest BCUT2D eigenvalue weighted by molar-refractivity contribution is 0.0431. The number of hydrogen-bond acceptors (Lipinski definition) is 3. The molecule has 2 aromatic carbocycles. The van der Waals surface area contributed by atoms with E-state index in [1.165, 1.54) is 5.56 Å². The summed E-state index contributed by atoms with van der Waals surface area (Å²) in [6, 6.07) is 16.0. The Labute approximate surface area is 128 Å². The zero-order valence-electron chi connectivity index (χ0n) is 12.5. The van der Waals surface area contributed by atoms with Gasteiger partial charge in [0.05, 0.1) is 5.56 Å². The van der Waals surface area contributed by atoms with Crippen molar-refractivity contribution >= 4 is 22.6 Å². The molecule has 1 aliphatic heterocycles. The molecular formula is C18H16N2O2. The maximum atomic E-state index is 12.2. The highest BCUT2D eigenvalue weighted by molar-refractivity contribution is 6.02. The van der Waals surface area contributed by atoms with Gasteiger partial charge >= 0.3 is 5.97 Å². The zero-order chi connectivity index (χ0) is 15.3. The molecule has 1 aliphatic rings. The zero-order valence-corrected chi connectivity index (χ0v) is 12.5. The van der Waals surface area contributed by atoms with Crippen molar-refractivity contribution in [2.45, 2.75) is 13.2 Å². The van der Waals surface area contributed by atoms with Gasteiger partial charge in [0.15, 0.2) is 0 Å². The summed E-state index contributed by atoms with van der Waals surface area (Å²) in [6.45, 7) is 2.04. The number of cyclic esters (lactones) is 1. The Morgan fingerprint density at radius 1 is 1.09 bits per heavy atom. The summed E-state index contributed by atoms with van der Waals surface area (Å²) < 4.78 is 7.43. The molecule has 0 radical (unpaired) electrons. The van der Waals surface area contributed by atoms with Crippen LogP contribution in [0.1, 0.15) is 27.8 Å². The molecule has 0 unspecified atom stereocenters. The predicted molar refractivity (Wildman–Crippen MR) is 85.9 cm³/mol. The van der Waals surface area contributed by atoms with Gasteiger partial charge in [-0.2, -0.15) is 0 Å². The third kappa shape index (κ3) is 1.80. The van der Waals surface area contributed by atoms with E-state index in [9.17, 15) is 4.79 Å². The van der Waals surface area contributed by atoms with E-state index in [1.807, 2.05) is 67.1 Å². The molecule has 1 atom stereocenters. The second-order valence-electron chi connectivity index (χ2n) is 5.63. The number of aryl methyl sites for hydroxylation is 2. The number of carbonyl (C=O) groups excluding carboxylic acids is 1. The molecule has 22 heavy (non-hydrogen) atoms. The molecule has 1 aromatic heterocycles. The largest absolute Gasteiger partial charge is 0.433 e. The van der Waals surface area contributed by atoms with Crippen LogP contribution in [-0.2, 0) is 11.8 Å². The average Bonchev–Trinajstić information content (AvgIpc) is 3.00. The first-order valence-corrected chi connectivity index (χ1v) is 7.26. The summed E-state index contributed by atoms with van der Waals surface area (Å²) in [5.41, 5.74) is 4.72. The van der Waals surface area contributed by atoms with Gasteiger partial charge in [0.2, 0.25) is 6.23 Å². The lowest BCUT2D eigenvalue weighted by Crippen LogP contribution is -2.11. The Hall–Kier alpha value is -2.75. The van der Waals surface area contributed by atoms with Crippen LogP contribution in [0.15, 0.2) is 48.5 Å². The number of rotatable bonds is 2. The molecule has 0 spiro atoms. The van der Waals surface area contributed by atoms with Crippen molar-refractivity contribution in [3.8, 4) is 0 Å². The molecule has 0 aliphatic carbocycles. The number of nitrogens with one attached hydrogen (secondary N) is 1. The van der Waals surface area contributed by atoms with E-state index in [1.54, 1.807) is 0 Å². The summed E-state index contributed by atoms with van der Waals surface area (Å²) in [5.74, 6) is -0.279. The van der Waals surface area contributed by atoms with Crippen molar-refractivity contribution in [2.75, 3.05) is 5.32 Å². The monoisotopic (exact) mass is 292 g/mol. The molecule has 0 amide bonds. The van der Waals surface area contributed by atoms with Gasteiger partial charge in [-0.1, -0.05) is 35.9 Å². The molecule has 0 saturated heterocycles. The van der Waals surface area contributed by atoms with Crippen LogP contribution in [0.25, 0.3) is 10.9 Å². The highest BCUT2D eigenvalue weighted by Crippen LogP contribution is 2.38. The standard InChI is InChI=1S/C18H16N2O2/c1-11-7-9-12(10-8-11)19-17-15-13-5-3-4-6-14(13)20(2)16(15)18(21)22-17/h3-10,17,19H,1-2H3/t17-/m1/s1. The predicted octanol–water partition coefficient (Wildman–Crippen LogP) is 3.77. The fraction of sp³-hybridized carbons (Fsp3) is 0.167. The van der Waals surface area contributed by atoms with Crippen molar-refractivity contribution in [3.63, 3.8) is 0 Å². The van der Waals surface area contributed by atoms with Crippen LogP contribution >= 0.6 is 0 Å². The lowest BCUT2D eigenvalue weighted by atomic mass is 10.1. The van der Waals surface area contributed by atoms with Gasteiger partial charge < -0.3 is 14.6 Å². The maximum Gasteiger partial charge on any atom is 0.357 e. The van der Waals surface area contributed by atoms with Crippen LogP contribution in [0.3, 0.4) is 0 Å². The first kappa shape index (κ1) is 13.0. The molecule has 3 aromatic rings. The Morgan fingerprint density at radius 2 is 1.82 bits per heavy atom. The second-order valence-corrected chi connectivity index (χ2v) is 5.63. The summed E-state index contributed by atoms with van der Waals surface area (Å²) in [6.07, 6.45) is -0.448. The first-order chi connectivity index (χ1) is 10.6. The number of esters is 1. The lowest BCUT2D eigenvalue weighted by Gasteiger charge is -2.14. The topological polar surface area (TPSA) is 43.3 Å². The molecule has 0 saturated carbocycles. The molecule has 1 N–H and O–H groups in total. The van der Waals surface area contributed by atoms with Gasteiger partial charge in [-0.3, -0.25) is 0 Å².